The Bertz CT molecular complexity index is 465. The van der Waals surface area contributed by atoms with E-state index in [1.807, 2.05) is 31.2 Å². The van der Waals surface area contributed by atoms with Gasteiger partial charge in [-0.15, -0.1) is 0 Å². The van der Waals surface area contributed by atoms with Gasteiger partial charge in [0.25, 0.3) is 0 Å². The Morgan fingerprint density at radius 1 is 1.33 bits per heavy atom. The van der Waals surface area contributed by atoms with Crippen LogP contribution in [0.1, 0.15) is 57.1 Å². The lowest BCUT2D eigenvalue weighted by Gasteiger charge is -2.40. The van der Waals surface area contributed by atoms with Crippen molar-refractivity contribution in [3.8, 4) is 5.75 Å². The quantitative estimate of drug-likeness (QED) is 0.915. The van der Waals surface area contributed by atoms with E-state index < -0.39 is 6.10 Å². The average molecular weight is 290 g/mol. The molecule has 2 atom stereocenters. The van der Waals surface area contributed by atoms with Crippen molar-refractivity contribution >= 4 is 0 Å². The predicted octanol–water partition coefficient (Wildman–Crippen LogP) is 3.86. The van der Waals surface area contributed by atoms with Crippen molar-refractivity contribution < 1.29 is 14.6 Å². The second kappa shape index (κ2) is 6.37. The molecule has 2 fully saturated rings. The van der Waals surface area contributed by atoms with E-state index in [2.05, 4.69) is 0 Å². The molecule has 1 saturated heterocycles. The van der Waals surface area contributed by atoms with Crippen LogP contribution in [0.4, 0.5) is 0 Å². The number of benzene rings is 1. The number of aliphatic hydroxyl groups excluding tert-OH is 1. The van der Waals surface area contributed by atoms with Crippen molar-refractivity contribution in [2.75, 3.05) is 13.2 Å². The Labute approximate surface area is 127 Å². The fourth-order valence-electron chi connectivity index (χ4n) is 3.97. The second-order valence-electron chi connectivity index (χ2n) is 6.41. The molecule has 1 aliphatic carbocycles. The lowest BCUT2D eigenvalue weighted by molar-refractivity contribution is -0.113. The van der Waals surface area contributed by atoms with Gasteiger partial charge in [0.05, 0.1) is 18.3 Å². The molecule has 1 heterocycles. The summed E-state index contributed by atoms with van der Waals surface area (Å²) in [4.78, 5) is 0. The van der Waals surface area contributed by atoms with Crippen molar-refractivity contribution in [2.24, 2.45) is 5.92 Å². The van der Waals surface area contributed by atoms with Gasteiger partial charge in [0.1, 0.15) is 5.75 Å². The molecule has 0 bridgehead atoms. The minimum absolute atomic E-state index is 0.0461. The summed E-state index contributed by atoms with van der Waals surface area (Å²) in [7, 11) is 0. The summed E-state index contributed by atoms with van der Waals surface area (Å²) in [5, 5.41) is 10.9. The zero-order valence-corrected chi connectivity index (χ0v) is 12.9. The maximum Gasteiger partial charge on any atom is 0.125 e. The number of hydrogen-bond donors (Lipinski definition) is 1. The van der Waals surface area contributed by atoms with E-state index in [0.717, 1.165) is 43.6 Å². The molecule has 1 N–H and O–H groups in total. The van der Waals surface area contributed by atoms with E-state index in [9.17, 15) is 5.11 Å². The van der Waals surface area contributed by atoms with E-state index in [1.54, 1.807) is 0 Å². The van der Waals surface area contributed by atoms with Crippen LogP contribution in [0.25, 0.3) is 0 Å². The summed E-state index contributed by atoms with van der Waals surface area (Å²) >= 11 is 0. The van der Waals surface area contributed by atoms with Crippen LogP contribution in [0.2, 0.25) is 0 Å². The van der Waals surface area contributed by atoms with Crippen molar-refractivity contribution in [3.63, 3.8) is 0 Å². The van der Waals surface area contributed by atoms with Gasteiger partial charge < -0.3 is 14.6 Å². The highest BCUT2D eigenvalue weighted by Gasteiger charge is 2.42. The molecule has 1 aliphatic heterocycles. The lowest BCUT2D eigenvalue weighted by Crippen LogP contribution is -2.39. The number of para-hydroxylation sites is 1. The number of hydrogen-bond acceptors (Lipinski definition) is 3. The van der Waals surface area contributed by atoms with Gasteiger partial charge in [-0.1, -0.05) is 31.0 Å². The smallest absolute Gasteiger partial charge is 0.125 e. The number of aliphatic hydroxyl groups is 1. The minimum Gasteiger partial charge on any atom is -0.493 e. The SMILES string of the molecule is CCOc1ccccc1C(O)C1CCOC2(CCCC2)C1. The summed E-state index contributed by atoms with van der Waals surface area (Å²) in [5.41, 5.74) is 0.976. The van der Waals surface area contributed by atoms with Crippen LogP contribution in [0.5, 0.6) is 5.75 Å². The topological polar surface area (TPSA) is 38.7 Å². The molecule has 1 spiro atoms. The van der Waals surface area contributed by atoms with Gasteiger partial charge in [-0.25, -0.2) is 0 Å². The molecule has 21 heavy (non-hydrogen) atoms. The van der Waals surface area contributed by atoms with E-state index in [0.29, 0.717) is 6.61 Å². The molecule has 116 valence electrons. The molecule has 1 aromatic rings. The molecule has 3 nitrogen and oxygen atoms in total. The third-order valence-corrected chi connectivity index (χ3v) is 5.03. The molecule has 0 aromatic heterocycles. The first-order valence-electron chi connectivity index (χ1n) is 8.28. The maximum absolute atomic E-state index is 10.9. The normalized spacial score (nSPS) is 25.9. The molecule has 2 aliphatic rings. The Morgan fingerprint density at radius 2 is 2.10 bits per heavy atom. The summed E-state index contributed by atoms with van der Waals surface area (Å²) < 4.78 is 11.8. The molecular weight excluding hydrogens is 264 g/mol. The zero-order chi connectivity index (χ0) is 14.7. The van der Waals surface area contributed by atoms with Crippen LogP contribution in [-0.4, -0.2) is 23.9 Å². The van der Waals surface area contributed by atoms with Gasteiger partial charge in [-0.2, -0.15) is 0 Å². The van der Waals surface area contributed by atoms with Crippen LogP contribution < -0.4 is 4.74 Å². The summed E-state index contributed by atoms with van der Waals surface area (Å²) in [6, 6.07) is 7.88. The van der Waals surface area contributed by atoms with Crippen LogP contribution in [-0.2, 0) is 4.74 Å². The first-order valence-corrected chi connectivity index (χ1v) is 8.28. The molecular formula is C18H26O3. The fourth-order valence-corrected chi connectivity index (χ4v) is 3.97. The molecule has 0 radical (unpaired) electrons. The van der Waals surface area contributed by atoms with Crippen molar-refractivity contribution in [1.82, 2.24) is 0 Å². The molecule has 3 rings (SSSR count). The number of ether oxygens (including phenoxy) is 2. The summed E-state index contributed by atoms with van der Waals surface area (Å²) in [5.74, 6) is 1.10. The number of rotatable bonds is 4. The summed E-state index contributed by atoms with van der Waals surface area (Å²) in [6.07, 6.45) is 6.30. The molecule has 3 heteroatoms. The van der Waals surface area contributed by atoms with Gasteiger partial charge in [0.2, 0.25) is 0 Å². The van der Waals surface area contributed by atoms with Gasteiger partial charge >= 0.3 is 0 Å². The third kappa shape index (κ3) is 3.09. The van der Waals surface area contributed by atoms with Crippen LogP contribution in [0.3, 0.4) is 0 Å². The highest BCUT2D eigenvalue weighted by molar-refractivity contribution is 5.35. The van der Waals surface area contributed by atoms with Crippen LogP contribution in [0, 0.1) is 5.92 Å². The van der Waals surface area contributed by atoms with Gasteiger partial charge in [-0.3, -0.25) is 0 Å². The summed E-state index contributed by atoms with van der Waals surface area (Å²) in [6.45, 7) is 3.38. The average Bonchev–Trinajstić information content (AvgIpc) is 2.95. The van der Waals surface area contributed by atoms with E-state index in [1.165, 1.54) is 12.8 Å². The van der Waals surface area contributed by atoms with Gasteiger partial charge in [0.15, 0.2) is 0 Å². The highest BCUT2D eigenvalue weighted by atomic mass is 16.5. The fraction of sp³-hybridized carbons (Fsp3) is 0.667. The predicted molar refractivity (Wildman–Crippen MR) is 82.4 cm³/mol. The Balaban J connectivity index is 1.76. The Hall–Kier alpha value is -1.06. The first-order chi connectivity index (χ1) is 10.2. The van der Waals surface area contributed by atoms with E-state index >= 15 is 0 Å². The second-order valence-corrected chi connectivity index (χ2v) is 6.41. The maximum atomic E-state index is 10.9. The first kappa shape index (κ1) is 14.9. The van der Waals surface area contributed by atoms with Gasteiger partial charge in [0, 0.05) is 12.2 Å². The Morgan fingerprint density at radius 3 is 2.86 bits per heavy atom. The van der Waals surface area contributed by atoms with Crippen LogP contribution >= 0.6 is 0 Å². The van der Waals surface area contributed by atoms with Gasteiger partial charge in [-0.05, 0) is 44.6 Å². The minimum atomic E-state index is -0.450. The largest absolute Gasteiger partial charge is 0.493 e. The van der Waals surface area contributed by atoms with Crippen molar-refractivity contribution in [1.29, 1.82) is 0 Å². The van der Waals surface area contributed by atoms with E-state index in [4.69, 9.17) is 9.47 Å². The third-order valence-electron chi connectivity index (χ3n) is 5.03. The van der Waals surface area contributed by atoms with E-state index in [-0.39, 0.29) is 11.5 Å². The zero-order valence-electron chi connectivity index (χ0n) is 12.9. The standard InChI is InChI=1S/C18H26O3/c1-2-20-16-8-4-3-7-15(16)17(19)14-9-12-21-18(13-14)10-5-6-11-18/h3-4,7-8,14,17,19H,2,5-6,9-13H2,1H3. The monoisotopic (exact) mass is 290 g/mol. The Kier molecular flexibility index (Phi) is 4.51. The van der Waals surface area contributed by atoms with Crippen molar-refractivity contribution in [3.05, 3.63) is 29.8 Å². The molecule has 0 amide bonds. The highest BCUT2D eigenvalue weighted by Crippen LogP contribution is 2.46. The van der Waals surface area contributed by atoms with Crippen LogP contribution in [0.15, 0.2) is 24.3 Å². The molecule has 2 unspecified atom stereocenters. The molecule has 1 aromatic carbocycles. The lowest BCUT2D eigenvalue weighted by atomic mass is 9.79. The molecule has 1 saturated carbocycles. The van der Waals surface area contributed by atoms with Crippen molar-refractivity contribution in [2.45, 2.75) is 57.2 Å².